The van der Waals surface area contributed by atoms with Gasteiger partial charge in [0.05, 0.1) is 17.7 Å². The van der Waals surface area contributed by atoms with Crippen LogP contribution in [0.3, 0.4) is 0 Å². The Labute approximate surface area is 143 Å². The molecule has 0 spiro atoms. The first-order chi connectivity index (χ1) is 11.7. The number of carbonyl (C=O) groups excluding carboxylic acids is 1. The Hall–Kier alpha value is -2.14. The number of nitrogens with one attached hydrogen (secondary N) is 1. The first-order valence-electron chi connectivity index (χ1n) is 8.77. The molecule has 5 nitrogen and oxygen atoms in total. The standard InChI is InChI=1S/C19H26N4O/c1-3-8-20-18(24)14-22-9-11-23(12-10-22)19-15(2)13-21-17-7-5-4-6-16(17)19/h4-7,13H,3,8-12,14H2,1-2H3,(H,20,24). The van der Waals surface area contributed by atoms with E-state index in [0.717, 1.165) is 44.7 Å². The van der Waals surface area contributed by atoms with Crippen molar-refractivity contribution in [3.8, 4) is 0 Å². The van der Waals surface area contributed by atoms with Crippen LogP contribution in [0.4, 0.5) is 5.69 Å². The molecule has 1 saturated heterocycles. The number of hydrogen-bond acceptors (Lipinski definition) is 4. The summed E-state index contributed by atoms with van der Waals surface area (Å²) < 4.78 is 0. The summed E-state index contributed by atoms with van der Waals surface area (Å²) in [7, 11) is 0. The van der Waals surface area contributed by atoms with Gasteiger partial charge in [-0.3, -0.25) is 14.7 Å². The van der Waals surface area contributed by atoms with Crippen molar-refractivity contribution in [3.05, 3.63) is 36.0 Å². The van der Waals surface area contributed by atoms with Gasteiger partial charge in [0.2, 0.25) is 5.91 Å². The molecule has 24 heavy (non-hydrogen) atoms. The number of aromatic nitrogens is 1. The number of fused-ring (bicyclic) bond motifs is 1. The van der Waals surface area contributed by atoms with E-state index >= 15 is 0 Å². The maximum atomic E-state index is 11.9. The van der Waals surface area contributed by atoms with Crippen molar-refractivity contribution in [2.45, 2.75) is 20.3 Å². The highest BCUT2D eigenvalue weighted by Crippen LogP contribution is 2.29. The minimum absolute atomic E-state index is 0.135. The van der Waals surface area contributed by atoms with Crippen LogP contribution in [0.5, 0.6) is 0 Å². The number of amides is 1. The molecule has 2 heterocycles. The molecule has 1 aromatic heterocycles. The van der Waals surface area contributed by atoms with Gasteiger partial charge in [-0.25, -0.2) is 0 Å². The van der Waals surface area contributed by atoms with Crippen LogP contribution in [0.1, 0.15) is 18.9 Å². The second-order valence-corrected chi connectivity index (χ2v) is 6.42. The summed E-state index contributed by atoms with van der Waals surface area (Å²) in [6.07, 6.45) is 2.94. The highest BCUT2D eigenvalue weighted by atomic mass is 16.2. The van der Waals surface area contributed by atoms with Gasteiger partial charge in [0.25, 0.3) is 0 Å². The Morgan fingerprint density at radius 3 is 2.71 bits per heavy atom. The lowest BCUT2D eigenvalue weighted by atomic mass is 10.1. The van der Waals surface area contributed by atoms with Crippen LogP contribution in [-0.4, -0.2) is 55.1 Å². The van der Waals surface area contributed by atoms with Crippen LogP contribution in [0, 0.1) is 6.92 Å². The van der Waals surface area contributed by atoms with Gasteiger partial charge < -0.3 is 10.2 Å². The summed E-state index contributed by atoms with van der Waals surface area (Å²) in [5, 5.41) is 4.17. The van der Waals surface area contributed by atoms with Crippen molar-refractivity contribution in [3.63, 3.8) is 0 Å². The summed E-state index contributed by atoms with van der Waals surface area (Å²) in [6, 6.07) is 8.31. The van der Waals surface area contributed by atoms with E-state index in [1.807, 2.05) is 12.3 Å². The maximum Gasteiger partial charge on any atom is 0.234 e. The van der Waals surface area contributed by atoms with E-state index < -0.39 is 0 Å². The van der Waals surface area contributed by atoms with Gasteiger partial charge in [0, 0.05) is 44.3 Å². The third kappa shape index (κ3) is 3.67. The van der Waals surface area contributed by atoms with Crippen LogP contribution in [0.25, 0.3) is 10.9 Å². The number of carbonyl (C=O) groups is 1. The normalized spacial score (nSPS) is 15.7. The largest absolute Gasteiger partial charge is 0.368 e. The molecule has 1 N–H and O–H groups in total. The fourth-order valence-corrected chi connectivity index (χ4v) is 3.30. The molecule has 1 aromatic carbocycles. The zero-order valence-electron chi connectivity index (χ0n) is 14.6. The molecule has 0 saturated carbocycles. The fraction of sp³-hybridized carbons (Fsp3) is 0.474. The Balaban J connectivity index is 1.67. The molecule has 128 valence electrons. The highest BCUT2D eigenvalue weighted by molar-refractivity contribution is 5.93. The molecule has 1 amide bonds. The Bertz CT molecular complexity index is 708. The lowest BCUT2D eigenvalue weighted by Gasteiger charge is -2.37. The van der Waals surface area contributed by atoms with Crippen molar-refractivity contribution < 1.29 is 4.79 Å². The van der Waals surface area contributed by atoms with Gasteiger partial charge in [0.15, 0.2) is 0 Å². The van der Waals surface area contributed by atoms with Crippen LogP contribution < -0.4 is 10.2 Å². The third-order valence-electron chi connectivity index (χ3n) is 4.56. The predicted octanol–water partition coefficient (Wildman–Crippen LogP) is 2.19. The highest BCUT2D eigenvalue weighted by Gasteiger charge is 2.21. The van der Waals surface area contributed by atoms with Crippen LogP contribution >= 0.6 is 0 Å². The molecule has 0 radical (unpaired) electrons. The summed E-state index contributed by atoms with van der Waals surface area (Å²) in [5.41, 5.74) is 3.54. The number of hydrogen-bond donors (Lipinski definition) is 1. The van der Waals surface area contributed by atoms with E-state index in [2.05, 4.69) is 52.1 Å². The summed E-state index contributed by atoms with van der Waals surface area (Å²) >= 11 is 0. The Morgan fingerprint density at radius 2 is 1.96 bits per heavy atom. The summed E-state index contributed by atoms with van der Waals surface area (Å²) in [4.78, 5) is 21.1. The second-order valence-electron chi connectivity index (χ2n) is 6.42. The van der Waals surface area contributed by atoms with Crippen molar-refractivity contribution in [1.29, 1.82) is 0 Å². The third-order valence-corrected chi connectivity index (χ3v) is 4.56. The molecule has 1 fully saturated rings. The number of piperazine rings is 1. The predicted molar refractivity (Wildman–Crippen MR) is 98.4 cm³/mol. The molecular weight excluding hydrogens is 300 g/mol. The molecular formula is C19H26N4O. The number of nitrogens with zero attached hydrogens (tertiary/aromatic N) is 3. The van der Waals surface area contributed by atoms with Crippen molar-refractivity contribution in [2.75, 3.05) is 44.2 Å². The lowest BCUT2D eigenvalue weighted by Crippen LogP contribution is -2.49. The van der Waals surface area contributed by atoms with E-state index in [4.69, 9.17) is 0 Å². The summed E-state index contributed by atoms with van der Waals surface area (Å²) in [6.45, 7) is 9.17. The van der Waals surface area contributed by atoms with Crippen LogP contribution in [0.15, 0.2) is 30.5 Å². The molecule has 2 aromatic rings. The van der Waals surface area contributed by atoms with Gasteiger partial charge in [-0.2, -0.15) is 0 Å². The van der Waals surface area contributed by atoms with Crippen LogP contribution in [0.2, 0.25) is 0 Å². The Kier molecular flexibility index (Phi) is 5.30. The minimum atomic E-state index is 0.135. The maximum absolute atomic E-state index is 11.9. The first kappa shape index (κ1) is 16.7. The number of rotatable bonds is 5. The number of aryl methyl sites for hydroxylation is 1. The van der Waals surface area contributed by atoms with Gasteiger partial charge in [-0.05, 0) is 25.0 Å². The molecule has 5 heteroatoms. The van der Waals surface area contributed by atoms with Gasteiger partial charge in [-0.15, -0.1) is 0 Å². The van der Waals surface area contributed by atoms with E-state index in [9.17, 15) is 4.79 Å². The molecule has 0 unspecified atom stereocenters. The zero-order chi connectivity index (χ0) is 16.9. The summed E-state index contributed by atoms with van der Waals surface area (Å²) in [5.74, 6) is 0.135. The Morgan fingerprint density at radius 1 is 1.21 bits per heavy atom. The average molecular weight is 326 g/mol. The second kappa shape index (κ2) is 7.62. The molecule has 1 aliphatic rings. The SMILES string of the molecule is CCCNC(=O)CN1CCN(c2c(C)cnc3ccccc23)CC1. The van der Waals surface area contributed by atoms with E-state index in [1.165, 1.54) is 16.6 Å². The average Bonchev–Trinajstić information content (AvgIpc) is 2.61. The molecule has 1 aliphatic heterocycles. The van der Waals surface area contributed by atoms with Gasteiger partial charge in [-0.1, -0.05) is 25.1 Å². The fourth-order valence-electron chi connectivity index (χ4n) is 3.30. The van der Waals surface area contributed by atoms with Gasteiger partial charge >= 0.3 is 0 Å². The van der Waals surface area contributed by atoms with Crippen molar-refractivity contribution in [2.24, 2.45) is 0 Å². The smallest absolute Gasteiger partial charge is 0.234 e. The monoisotopic (exact) mass is 326 g/mol. The number of anilines is 1. The minimum Gasteiger partial charge on any atom is -0.368 e. The number of para-hydroxylation sites is 1. The molecule has 3 rings (SSSR count). The van der Waals surface area contributed by atoms with E-state index in [1.54, 1.807) is 0 Å². The number of benzene rings is 1. The number of pyridine rings is 1. The first-order valence-corrected chi connectivity index (χ1v) is 8.77. The molecule has 0 atom stereocenters. The van der Waals surface area contributed by atoms with E-state index in [0.29, 0.717) is 6.54 Å². The topological polar surface area (TPSA) is 48.5 Å². The van der Waals surface area contributed by atoms with Crippen molar-refractivity contribution >= 4 is 22.5 Å². The van der Waals surface area contributed by atoms with E-state index in [-0.39, 0.29) is 5.91 Å². The zero-order valence-corrected chi connectivity index (χ0v) is 14.6. The van der Waals surface area contributed by atoms with Crippen molar-refractivity contribution in [1.82, 2.24) is 15.2 Å². The molecule has 0 bridgehead atoms. The van der Waals surface area contributed by atoms with Gasteiger partial charge in [0.1, 0.15) is 0 Å². The quantitative estimate of drug-likeness (QED) is 0.915. The van der Waals surface area contributed by atoms with Crippen LogP contribution in [-0.2, 0) is 4.79 Å². The molecule has 0 aliphatic carbocycles. The lowest BCUT2D eigenvalue weighted by molar-refractivity contribution is -0.122.